The van der Waals surface area contributed by atoms with E-state index in [1.54, 1.807) is 28.9 Å². The van der Waals surface area contributed by atoms with Crippen LogP contribution in [0.3, 0.4) is 0 Å². The van der Waals surface area contributed by atoms with Crippen molar-refractivity contribution in [2.75, 3.05) is 12.4 Å². The van der Waals surface area contributed by atoms with Gasteiger partial charge in [0.1, 0.15) is 0 Å². The van der Waals surface area contributed by atoms with E-state index in [0.29, 0.717) is 16.5 Å². The van der Waals surface area contributed by atoms with Gasteiger partial charge in [-0.2, -0.15) is 4.68 Å². The van der Waals surface area contributed by atoms with Gasteiger partial charge in [-0.05, 0) is 59.0 Å². The molecule has 0 spiro atoms. The molecule has 0 amide bonds. The van der Waals surface area contributed by atoms with E-state index in [0.717, 1.165) is 14.6 Å². The summed E-state index contributed by atoms with van der Waals surface area (Å²) in [7, 11) is 0. The fraction of sp³-hybridized carbons (Fsp3) is 0.111. The zero-order valence-electron chi connectivity index (χ0n) is 13.8. The van der Waals surface area contributed by atoms with Gasteiger partial charge in [0.05, 0.1) is 17.0 Å². The number of benzene rings is 2. The monoisotopic (exact) mass is 506 g/mol. The molecule has 3 rings (SSSR count). The van der Waals surface area contributed by atoms with Gasteiger partial charge >= 0.3 is 5.97 Å². The number of nitrogens with zero attached hydrogens (tertiary/aromatic N) is 4. The number of hydrogen-bond acceptors (Lipinski definition) is 6. The SMILES string of the molecule is O=C(OCC#CCSc1nnnn1-c1ccc(Br)cc1)c1ccc(Br)cc1. The zero-order chi connectivity index (χ0) is 19.1. The van der Waals surface area contributed by atoms with Crippen molar-refractivity contribution in [3.8, 4) is 17.5 Å². The minimum atomic E-state index is -0.399. The summed E-state index contributed by atoms with van der Waals surface area (Å²) in [5.74, 6) is 5.84. The third-order valence-electron chi connectivity index (χ3n) is 3.27. The number of carbonyl (C=O) groups is 1. The summed E-state index contributed by atoms with van der Waals surface area (Å²) in [6, 6.07) is 14.6. The lowest BCUT2D eigenvalue weighted by Crippen LogP contribution is -2.05. The van der Waals surface area contributed by atoms with Crippen LogP contribution in [0.5, 0.6) is 0 Å². The van der Waals surface area contributed by atoms with Gasteiger partial charge in [0.15, 0.2) is 6.61 Å². The van der Waals surface area contributed by atoms with E-state index in [1.807, 2.05) is 24.3 Å². The number of tetrazole rings is 1. The number of rotatable bonds is 5. The number of hydrogen-bond donors (Lipinski definition) is 0. The molecule has 0 atom stereocenters. The first-order valence-corrected chi connectivity index (χ1v) is 10.3. The molecule has 0 aliphatic rings. The van der Waals surface area contributed by atoms with Crippen molar-refractivity contribution in [2.24, 2.45) is 0 Å². The second-order valence-corrected chi connectivity index (χ2v) is 7.85. The number of thioether (sulfide) groups is 1. The Morgan fingerprint density at radius 2 is 1.70 bits per heavy atom. The lowest BCUT2D eigenvalue weighted by atomic mass is 10.2. The molecule has 0 fully saturated rings. The van der Waals surface area contributed by atoms with E-state index in [4.69, 9.17) is 4.74 Å². The maximum absolute atomic E-state index is 11.9. The second kappa shape index (κ2) is 9.69. The van der Waals surface area contributed by atoms with E-state index in [-0.39, 0.29) is 6.61 Å². The number of ether oxygens (including phenoxy) is 1. The van der Waals surface area contributed by atoms with E-state index in [9.17, 15) is 4.79 Å². The van der Waals surface area contributed by atoms with Crippen LogP contribution in [-0.2, 0) is 4.74 Å². The first-order chi connectivity index (χ1) is 13.1. The smallest absolute Gasteiger partial charge is 0.339 e. The Morgan fingerprint density at radius 3 is 2.41 bits per heavy atom. The largest absolute Gasteiger partial charge is 0.449 e. The van der Waals surface area contributed by atoms with Gasteiger partial charge in [-0.1, -0.05) is 55.5 Å². The lowest BCUT2D eigenvalue weighted by Gasteiger charge is -2.02. The molecule has 2 aromatic carbocycles. The summed E-state index contributed by atoms with van der Waals surface area (Å²) in [5.41, 5.74) is 1.35. The fourth-order valence-corrected chi connectivity index (χ4v) is 3.18. The predicted molar refractivity (Wildman–Crippen MR) is 110 cm³/mol. The Kier molecular flexibility index (Phi) is 7.04. The van der Waals surface area contributed by atoms with Crippen molar-refractivity contribution in [3.05, 3.63) is 63.0 Å². The summed E-state index contributed by atoms with van der Waals surface area (Å²) in [6.45, 7) is 0.0348. The fourth-order valence-electron chi connectivity index (χ4n) is 1.99. The zero-order valence-corrected chi connectivity index (χ0v) is 17.8. The summed E-state index contributed by atoms with van der Waals surface area (Å²) >= 11 is 8.12. The molecule has 27 heavy (non-hydrogen) atoms. The van der Waals surface area contributed by atoms with Crippen LogP contribution in [0.25, 0.3) is 5.69 Å². The number of esters is 1. The highest BCUT2D eigenvalue weighted by Gasteiger charge is 2.08. The topological polar surface area (TPSA) is 69.9 Å². The molecule has 0 aliphatic carbocycles. The van der Waals surface area contributed by atoms with Crippen LogP contribution in [0.1, 0.15) is 10.4 Å². The first-order valence-electron chi connectivity index (χ1n) is 7.69. The molecule has 1 aromatic heterocycles. The second-order valence-electron chi connectivity index (χ2n) is 5.07. The van der Waals surface area contributed by atoms with Gasteiger partial charge < -0.3 is 4.74 Å². The quantitative estimate of drug-likeness (QED) is 0.293. The molecule has 136 valence electrons. The van der Waals surface area contributed by atoms with E-state index in [2.05, 4.69) is 59.2 Å². The number of aromatic nitrogens is 4. The molecule has 6 nitrogen and oxygen atoms in total. The minimum absolute atomic E-state index is 0.0348. The van der Waals surface area contributed by atoms with Crippen LogP contribution >= 0.6 is 43.6 Å². The van der Waals surface area contributed by atoms with E-state index >= 15 is 0 Å². The van der Waals surface area contributed by atoms with Crippen LogP contribution < -0.4 is 0 Å². The van der Waals surface area contributed by atoms with Crippen LogP contribution in [0.2, 0.25) is 0 Å². The molecule has 0 unspecified atom stereocenters. The van der Waals surface area contributed by atoms with Crippen LogP contribution in [0, 0.1) is 11.8 Å². The van der Waals surface area contributed by atoms with Crippen molar-refractivity contribution in [3.63, 3.8) is 0 Å². The number of halogens is 2. The van der Waals surface area contributed by atoms with Crippen LogP contribution in [0.15, 0.2) is 62.6 Å². The Morgan fingerprint density at radius 1 is 1.04 bits per heavy atom. The highest BCUT2D eigenvalue weighted by Crippen LogP contribution is 2.19. The summed E-state index contributed by atoms with van der Waals surface area (Å²) in [5, 5.41) is 12.3. The average molecular weight is 508 g/mol. The van der Waals surface area contributed by atoms with Crippen molar-refractivity contribution < 1.29 is 9.53 Å². The van der Waals surface area contributed by atoms with Crippen molar-refractivity contribution >= 4 is 49.6 Å². The molecule has 1 heterocycles. The molecule has 0 bridgehead atoms. The van der Waals surface area contributed by atoms with Crippen molar-refractivity contribution in [1.82, 2.24) is 20.2 Å². The Hall–Kier alpha value is -2.15. The maximum atomic E-state index is 11.9. The first kappa shape index (κ1) is 19.6. The molecule has 0 N–H and O–H groups in total. The molecule has 9 heteroatoms. The minimum Gasteiger partial charge on any atom is -0.449 e. The van der Waals surface area contributed by atoms with Gasteiger partial charge in [0, 0.05) is 8.95 Å². The van der Waals surface area contributed by atoms with E-state index in [1.165, 1.54) is 11.8 Å². The van der Waals surface area contributed by atoms with Crippen LogP contribution in [0.4, 0.5) is 0 Å². The van der Waals surface area contributed by atoms with Crippen molar-refractivity contribution in [1.29, 1.82) is 0 Å². The summed E-state index contributed by atoms with van der Waals surface area (Å²) < 4.78 is 8.66. The van der Waals surface area contributed by atoms with Gasteiger partial charge in [-0.25, -0.2) is 4.79 Å². The van der Waals surface area contributed by atoms with Crippen molar-refractivity contribution in [2.45, 2.75) is 5.16 Å². The third-order valence-corrected chi connectivity index (χ3v) is 5.12. The molecular formula is C18H12Br2N4O2S. The van der Waals surface area contributed by atoms with Gasteiger partial charge in [-0.3, -0.25) is 0 Å². The Balaban J connectivity index is 1.49. The molecule has 0 radical (unpaired) electrons. The summed E-state index contributed by atoms with van der Waals surface area (Å²) in [4.78, 5) is 11.9. The van der Waals surface area contributed by atoms with E-state index < -0.39 is 5.97 Å². The molecule has 3 aromatic rings. The normalized spacial score (nSPS) is 10.1. The lowest BCUT2D eigenvalue weighted by molar-refractivity contribution is 0.0556. The predicted octanol–water partition coefficient (Wildman–Crippen LogP) is 4.14. The Bertz CT molecular complexity index is 979. The molecule has 0 saturated carbocycles. The highest BCUT2D eigenvalue weighted by molar-refractivity contribution is 9.10. The summed E-state index contributed by atoms with van der Waals surface area (Å²) in [6.07, 6.45) is 0. The molecule has 0 aliphatic heterocycles. The van der Waals surface area contributed by atoms with Crippen LogP contribution in [-0.4, -0.2) is 38.5 Å². The Labute approximate surface area is 176 Å². The van der Waals surface area contributed by atoms with Gasteiger partial charge in [0.2, 0.25) is 5.16 Å². The highest BCUT2D eigenvalue weighted by atomic mass is 79.9. The number of carbonyl (C=O) groups excluding carboxylic acids is 1. The average Bonchev–Trinajstić information content (AvgIpc) is 3.14. The maximum Gasteiger partial charge on any atom is 0.339 e. The van der Waals surface area contributed by atoms with Gasteiger partial charge in [-0.15, -0.1) is 5.10 Å². The molecule has 0 saturated heterocycles. The van der Waals surface area contributed by atoms with Gasteiger partial charge in [0.25, 0.3) is 0 Å². The third kappa shape index (κ3) is 5.66. The standard InChI is InChI=1S/C18H12Br2N4O2S/c19-14-5-3-13(4-6-14)17(25)26-11-1-2-12-27-18-21-22-23-24(18)16-9-7-15(20)8-10-16/h3-10H,11-12H2. The molecular weight excluding hydrogens is 496 g/mol.